The molecule has 0 bridgehead atoms. The number of carbonyl (C=O) groups is 2. The maximum Gasteiger partial charge on any atom is 1.00 e. The number of nitrogens with zero attached hydrogens (tertiary/aromatic N) is 30. The van der Waals surface area contributed by atoms with Crippen LogP contribution in [-0.2, 0) is 37.2 Å². The van der Waals surface area contributed by atoms with Gasteiger partial charge in [-0.15, -0.1) is 40.2 Å². The van der Waals surface area contributed by atoms with Gasteiger partial charge in [0.2, 0.25) is 17.8 Å². The third-order valence-corrected chi connectivity index (χ3v) is 27.9. The van der Waals surface area contributed by atoms with Gasteiger partial charge in [-0.3, -0.25) is 33.7 Å². The van der Waals surface area contributed by atoms with Crippen molar-refractivity contribution < 1.29 is 62.8 Å². The number of aromatic nitrogens is 12. The molecule has 0 radical (unpaired) electrons. The van der Waals surface area contributed by atoms with Gasteiger partial charge in [0.15, 0.2) is 11.3 Å². The van der Waals surface area contributed by atoms with Crippen LogP contribution in [0.25, 0.3) is 47.6 Å². The molecule has 6 atom stereocenters. The second-order valence-corrected chi connectivity index (χ2v) is 37.4. The third-order valence-electron chi connectivity index (χ3n) is 21.7. The van der Waals surface area contributed by atoms with Crippen LogP contribution in [-0.4, -0.2) is 177 Å². The monoisotopic (exact) mass is 1930 g/mol. The van der Waals surface area contributed by atoms with E-state index in [1.165, 1.54) is 19.0 Å². The van der Waals surface area contributed by atoms with Crippen molar-refractivity contribution in [3.8, 4) is 0 Å². The molecule has 6 aliphatic heterocycles. The zero-order chi connectivity index (χ0) is 87.0. The average Bonchev–Trinajstić information content (AvgIpc) is 1.60. The Balaban J connectivity index is 0.000000174. The quantitative estimate of drug-likeness (QED) is 0.0114. The van der Waals surface area contributed by atoms with Crippen LogP contribution in [0.5, 0.6) is 0 Å². The van der Waals surface area contributed by atoms with E-state index in [-0.39, 0.29) is 123 Å². The van der Waals surface area contributed by atoms with Gasteiger partial charge in [-0.05, 0) is 248 Å². The molecule has 128 heavy (non-hydrogen) atoms. The van der Waals surface area contributed by atoms with Crippen LogP contribution in [0.15, 0.2) is 229 Å². The van der Waals surface area contributed by atoms with Gasteiger partial charge in [-0.25, -0.2) is 29.5 Å². The summed E-state index contributed by atoms with van der Waals surface area (Å²) in [5.74, 6) is 7.29. The molecule has 50 heteroatoms. The molecule has 12 aromatic heterocycles. The van der Waals surface area contributed by atoms with Gasteiger partial charge in [0.1, 0.15) is 11.2 Å². The second-order valence-electron chi connectivity index (χ2n) is 31.7. The Labute approximate surface area is 795 Å². The van der Waals surface area contributed by atoms with Gasteiger partial charge in [-0.1, -0.05) is 43.6 Å². The minimum Gasteiger partial charge on any atom is -0.813 e. The summed E-state index contributed by atoms with van der Waals surface area (Å²) in [6.45, 7) is 24.6. The first-order chi connectivity index (χ1) is 59.9. The van der Waals surface area contributed by atoms with Crippen LogP contribution >= 0.6 is 73.5 Å². The van der Waals surface area contributed by atoms with Crippen molar-refractivity contribution in [3.05, 3.63) is 137 Å². The van der Waals surface area contributed by atoms with Crippen molar-refractivity contribution in [2.45, 2.75) is 183 Å². The molecule has 0 aromatic carbocycles. The number of nitrogens with one attached hydrogen (secondary N) is 3. The van der Waals surface area contributed by atoms with E-state index in [1.807, 2.05) is 145 Å². The number of imidazole rings is 3. The smallest absolute Gasteiger partial charge is 0.813 e. The molecular formula is C78H100BrN35NaO7S6-. The summed E-state index contributed by atoms with van der Waals surface area (Å²) in [6.07, 6.45) is 27.4. The molecule has 674 valence electrons. The zero-order valence-corrected chi connectivity index (χ0v) is 79.1. The molecule has 6 fully saturated rings. The van der Waals surface area contributed by atoms with Gasteiger partial charge in [0, 0.05) is 144 Å². The molecule has 18 rings (SSSR count). The van der Waals surface area contributed by atoms with Crippen molar-refractivity contribution >= 4 is 165 Å². The largest absolute Gasteiger partial charge is 1.00 e. The number of anilines is 3. The van der Waals surface area contributed by atoms with E-state index < -0.39 is 11.2 Å². The molecule has 0 saturated carbocycles. The summed E-state index contributed by atoms with van der Waals surface area (Å²) in [5.41, 5.74) is 17.2. The van der Waals surface area contributed by atoms with E-state index in [0.717, 1.165) is 155 Å². The first kappa shape index (κ1) is 100. The summed E-state index contributed by atoms with van der Waals surface area (Å²) in [7, 11) is 0. The van der Waals surface area contributed by atoms with Crippen LogP contribution in [0.3, 0.4) is 0 Å². The molecule has 2 amide bonds. The Bertz CT molecular complexity index is 5890. The van der Waals surface area contributed by atoms with Crippen molar-refractivity contribution in [1.82, 2.24) is 68.7 Å². The Morgan fingerprint density at radius 3 is 1.30 bits per heavy atom. The number of ether oxygens (including phenoxy) is 5. The predicted molar refractivity (Wildman–Crippen MR) is 490 cm³/mol. The number of carbonyl (C=O) groups excluding carboxylic acids is 2. The third kappa shape index (κ3) is 24.2. The average molecular weight is 1940 g/mol. The van der Waals surface area contributed by atoms with E-state index in [2.05, 4.69) is 205 Å². The number of pyridine rings is 3. The number of piperidine rings is 3. The van der Waals surface area contributed by atoms with Crippen LogP contribution in [0, 0.1) is 27.8 Å². The van der Waals surface area contributed by atoms with E-state index in [1.54, 1.807) is 76.1 Å². The van der Waals surface area contributed by atoms with Gasteiger partial charge < -0.3 is 84.6 Å². The van der Waals surface area contributed by atoms with Gasteiger partial charge >= 0.3 is 41.7 Å². The van der Waals surface area contributed by atoms with Crippen LogP contribution in [0.1, 0.15) is 116 Å². The van der Waals surface area contributed by atoms with E-state index in [9.17, 15) is 9.59 Å². The minimum atomic E-state index is -0.539. The van der Waals surface area contributed by atoms with E-state index in [4.69, 9.17) is 44.9 Å². The van der Waals surface area contributed by atoms with Gasteiger partial charge in [-0.2, -0.15) is 5.53 Å². The topological polar surface area (TPSA) is 505 Å². The number of thiol groups is 1. The Morgan fingerprint density at radius 2 is 0.883 bits per heavy atom. The van der Waals surface area contributed by atoms with Crippen molar-refractivity contribution in [2.75, 3.05) is 73.8 Å². The second kappa shape index (κ2) is 45.6. The number of alkyl carbamates (subject to hydrolysis) is 2. The molecule has 6 saturated heterocycles. The molecule has 0 unspecified atom stereocenters. The van der Waals surface area contributed by atoms with Crippen molar-refractivity contribution in [2.24, 2.45) is 106 Å². The first-order valence-corrected chi connectivity index (χ1v) is 44.5. The zero-order valence-electron chi connectivity index (χ0n) is 70.5. The van der Waals surface area contributed by atoms with E-state index >= 15 is 0 Å². The Morgan fingerprint density at radius 1 is 0.508 bits per heavy atom. The number of rotatable bonds is 16. The van der Waals surface area contributed by atoms with Crippen molar-refractivity contribution in [1.29, 1.82) is 5.53 Å². The summed E-state index contributed by atoms with van der Waals surface area (Å²) >= 11 is 11.9. The number of amides is 2. The molecule has 18 heterocycles. The molecular weight excluding hydrogens is 1830 g/mol. The predicted octanol–water partition coefficient (Wildman–Crippen LogP) is 15.2. The number of halogens is 1. The molecule has 3 spiro atoms. The molecule has 0 aliphatic carbocycles. The van der Waals surface area contributed by atoms with Gasteiger partial charge in [0.05, 0.1) is 90.7 Å². The summed E-state index contributed by atoms with van der Waals surface area (Å²) in [4.78, 5) is 77.3. The number of hydrogen-bond donors (Lipinski definition) is 5. The van der Waals surface area contributed by atoms with E-state index in [0.29, 0.717) is 13.2 Å². The fourth-order valence-electron chi connectivity index (χ4n) is 15.8. The summed E-state index contributed by atoms with van der Waals surface area (Å²) < 4.78 is 39.8. The van der Waals surface area contributed by atoms with Crippen LogP contribution in [0.4, 0.5) is 27.4 Å². The van der Waals surface area contributed by atoms with Crippen molar-refractivity contribution in [3.63, 3.8) is 0 Å². The SMILES string of the molecule is Brc1ccnc2ccsc12.C.C.C[C@@H]1OCC2(CCN(c3nc[c-]c4nccn34)CC2)[C@@H]1NC(=O)OC(C)(C)C.C[C@@H]1OCC2(CCN(c3ncc(Sc4ccnc5ccsc45)c4nccn34)CC2)[C@@H]1N.C[C@@H]1OCC2(CCN(c3ncc(Sc4ccnc5ccsc45)c4nccn34)CC2)[C@@H]1NC(=O)OC(C)(C)C.N=N/N=N/N=N/N=N/N=N/N=N/N=N/N=N/N.[Na+].[SH-]. The molecule has 42 nitrogen and oxygen atoms in total. The number of fused-ring (bicyclic) bond motifs is 6. The maximum absolute atomic E-state index is 12.6. The summed E-state index contributed by atoms with van der Waals surface area (Å²) in [6, 6.07) is 15.2. The van der Waals surface area contributed by atoms with Gasteiger partial charge in [0.25, 0.3) is 0 Å². The Kier molecular flexibility index (Phi) is 35.7. The Hall–Kier alpha value is -9.90. The normalized spacial score (nSPS) is 20.1. The standard InChI is InChI=1S/C27H32N6O3S2.C22H24N6OS2.C20H28N5O3.C7H4BrNS.2CH4.H3N17.Na.H2S/c1-17-22(31-25(34)36-26(2,3)4)27(16-35-17)7-11-32(12-8-27)24-30-15-20(23-29-10-13-33(23)24)38-19-5-9-28-18-6-14-37-21(18)19;1-14-19(23)22(13-29-14)4-8-27(9-5-22)21-26-12-17(20-25-7-10-28(20)21)31-16-2-6-24-15-3-11-30-18(15)16;1-14-16(23-18(26)28-19(2,3)4)20(13-27-14)6-10-24(11-7-20)17-22-8-5-15-21-9-12-25(15)17;8-5-1-3-9-6-2-4-10-7(5)6;;;1-3-5-7-9-11-13-15-17-16-14-12-10-8-6-4-2;;/h5-6,9-10,13-15,17,22H,7-8,11-12,16H2,1-4H3,(H,31,34);2-3,6-7,10-12,14,19H,4-5,8-9,13,23H2,1H3;8-9,12,14,16H,6-7,10-11,13H2,1-4H3,(H,23,26);1-4H;2*1H4;(H3,1,2,5,6,9,10,13,14,17);;1H2/q;;-1;;;;;+1;/p-1/t17-,22+;14-,19+;14-,16+;;;;;;/m000....../s1. The van der Waals surface area contributed by atoms with Crippen LogP contribution < -0.4 is 66.5 Å². The molecule has 6 aliphatic rings. The fraction of sp³-hybridized carbons (Fsp3) is 0.474. The summed E-state index contributed by atoms with van der Waals surface area (Å²) in [5, 5.41) is 55.7. The van der Waals surface area contributed by atoms with Crippen LogP contribution in [0.2, 0.25) is 0 Å². The molecule has 12 aromatic rings. The fourth-order valence-corrected chi connectivity index (χ4v) is 21.0. The first-order valence-electron chi connectivity index (χ1n) is 39.5. The minimum absolute atomic E-state index is 0. The number of nitrogens with two attached hydrogens (primary N) is 2. The maximum atomic E-state index is 12.6. The number of hydrogen-bond acceptors (Lipinski definition) is 28. The molecule has 7 N–H and O–H groups in total. The number of thiophene rings is 3.